The molecule has 0 unspecified atom stereocenters. The Morgan fingerprint density at radius 2 is 2.36 bits per heavy atom. The van der Waals surface area contributed by atoms with Gasteiger partial charge in [-0.1, -0.05) is 6.04 Å². The summed E-state index contributed by atoms with van der Waals surface area (Å²) in [5.41, 5.74) is 4.47. The van der Waals surface area contributed by atoms with Crippen molar-refractivity contribution in [3.05, 3.63) is 33.8 Å². The maximum absolute atomic E-state index is 10.5. The average molecular weight is 155 g/mol. The maximum Gasteiger partial charge on any atom is 0.274 e. The lowest BCUT2D eigenvalue weighted by Crippen LogP contribution is -1.93. The van der Waals surface area contributed by atoms with Crippen LogP contribution in [0, 0.1) is 17.0 Å². The van der Waals surface area contributed by atoms with Gasteiger partial charge in [-0.2, -0.15) is 0 Å². The fourth-order valence-electron chi connectivity index (χ4n) is 0.655. The lowest BCUT2D eigenvalue weighted by atomic mass is 10.2. The molecule has 1 aromatic rings. The van der Waals surface area contributed by atoms with Gasteiger partial charge in [0.15, 0.2) is 0 Å². The topological polar surface area (TPSA) is 69.2 Å². The summed E-state index contributed by atoms with van der Waals surface area (Å²) in [6.45, 7) is 1.33. The summed E-state index contributed by atoms with van der Waals surface area (Å²) in [7, 11) is 0. The van der Waals surface area contributed by atoms with Gasteiger partial charge in [0.1, 0.15) is 0 Å². The van der Waals surface area contributed by atoms with E-state index in [-0.39, 0.29) is 23.3 Å². The van der Waals surface area contributed by atoms with Crippen LogP contribution in [0.5, 0.6) is 0 Å². The number of nitrogens with zero attached hydrogens (tertiary/aromatic N) is 1. The molecule has 0 heterocycles. The first-order valence-corrected chi connectivity index (χ1v) is 2.88. The third-order valence-electron chi connectivity index (χ3n) is 1.18. The van der Waals surface area contributed by atoms with E-state index >= 15 is 0 Å². The van der Waals surface area contributed by atoms with Crippen LogP contribution in [0.15, 0.2) is 18.1 Å². The second-order valence-corrected chi connectivity index (χ2v) is 2.02. The van der Waals surface area contributed by atoms with Gasteiger partial charge in [0.2, 0.25) is 0 Å². The highest BCUT2D eigenvalue weighted by Gasteiger charge is 2.08. The van der Waals surface area contributed by atoms with Gasteiger partial charge < -0.3 is 5.73 Å². The Hall–Kier alpha value is -1.58. The van der Waals surface area contributed by atoms with Crippen LogP contribution < -0.4 is 5.73 Å². The SMILES string of the molecule is [2H]c1c([2H])c(N)c([2H])c([N+](=O)[O-])c1C. The van der Waals surface area contributed by atoms with E-state index in [9.17, 15) is 10.1 Å². The molecule has 1 aromatic carbocycles. The summed E-state index contributed by atoms with van der Waals surface area (Å²) in [6.07, 6.45) is 0. The Balaban J connectivity index is 3.68. The monoisotopic (exact) mass is 155 g/mol. The van der Waals surface area contributed by atoms with Gasteiger partial charge >= 0.3 is 0 Å². The highest BCUT2D eigenvalue weighted by atomic mass is 16.6. The molecule has 0 aliphatic carbocycles. The number of hydrogen-bond donors (Lipinski definition) is 1. The van der Waals surface area contributed by atoms with Crippen molar-refractivity contribution in [1.29, 1.82) is 0 Å². The molecule has 0 aliphatic rings. The molecule has 0 atom stereocenters. The van der Waals surface area contributed by atoms with Crippen LogP contribution >= 0.6 is 0 Å². The van der Waals surface area contributed by atoms with Gasteiger partial charge in [-0.05, 0) is 13.0 Å². The molecule has 1 rings (SSSR count). The fraction of sp³-hybridized carbons (Fsp3) is 0.143. The zero-order chi connectivity index (χ0) is 11.0. The van der Waals surface area contributed by atoms with E-state index in [1.54, 1.807) is 0 Å². The minimum absolute atomic E-state index is 0.000741. The van der Waals surface area contributed by atoms with Crippen molar-refractivity contribution in [1.82, 2.24) is 0 Å². The van der Waals surface area contributed by atoms with Crippen LogP contribution in [0.3, 0.4) is 0 Å². The second kappa shape index (κ2) is 2.57. The summed E-state index contributed by atoms with van der Waals surface area (Å²) in [4.78, 5) is 9.79. The van der Waals surface area contributed by atoms with E-state index in [4.69, 9.17) is 9.85 Å². The van der Waals surface area contributed by atoms with Crippen molar-refractivity contribution in [2.24, 2.45) is 0 Å². The number of nitrogens with two attached hydrogens (primary N) is 1. The average Bonchev–Trinajstić information content (AvgIpc) is 2.11. The van der Waals surface area contributed by atoms with E-state index in [2.05, 4.69) is 0 Å². The molecular weight excluding hydrogens is 144 g/mol. The molecule has 0 radical (unpaired) electrons. The molecule has 2 N–H and O–H groups in total. The Bertz CT molecular complexity index is 391. The third-order valence-corrected chi connectivity index (χ3v) is 1.18. The first-order valence-electron chi connectivity index (χ1n) is 4.38. The van der Waals surface area contributed by atoms with Crippen molar-refractivity contribution < 1.29 is 9.04 Å². The molecule has 0 amide bonds. The maximum atomic E-state index is 10.5. The van der Waals surface area contributed by atoms with E-state index in [0.29, 0.717) is 0 Å². The quantitative estimate of drug-likeness (QED) is 0.379. The largest absolute Gasteiger partial charge is 0.399 e. The van der Waals surface area contributed by atoms with Crippen LogP contribution in [0.4, 0.5) is 11.4 Å². The van der Waals surface area contributed by atoms with Gasteiger partial charge in [0.25, 0.3) is 5.69 Å². The molecular formula is C7H8N2O2. The van der Waals surface area contributed by atoms with E-state index in [1.807, 2.05) is 0 Å². The third kappa shape index (κ3) is 1.46. The molecule has 11 heavy (non-hydrogen) atoms. The number of rotatable bonds is 1. The Morgan fingerprint density at radius 3 is 2.91 bits per heavy atom. The van der Waals surface area contributed by atoms with Crippen LogP contribution in [0.2, 0.25) is 0 Å². The van der Waals surface area contributed by atoms with Crippen LogP contribution in [-0.4, -0.2) is 4.92 Å². The highest BCUT2D eigenvalue weighted by Crippen LogP contribution is 2.19. The lowest BCUT2D eigenvalue weighted by Gasteiger charge is -1.96. The van der Waals surface area contributed by atoms with Crippen molar-refractivity contribution in [3.8, 4) is 0 Å². The van der Waals surface area contributed by atoms with Gasteiger partial charge in [-0.3, -0.25) is 10.1 Å². The van der Waals surface area contributed by atoms with Crippen molar-refractivity contribution in [2.45, 2.75) is 6.92 Å². The molecule has 4 nitrogen and oxygen atoms in total. The smallest absolute Gasteiger partial charge is 0.274 e. The highest BCUT2D eigenvalue weighted by molar-refractivity contribution is 5.51. The van der Waals surface area contributed by atoms with E-state index < -0.39 is 16.7 Å². The molecule has 0 fully saturated rings. The van der Waals surface area contributed by atoms with Gasteiger partial charge in [0.05, 0.1) is 9.04 Å². The molecule has 4 heteroatoms. The normalized spacial score (nSPS) is 13.4. The minimum Gasteiger partial charge on any atom is -0.399 e. The van der Waals surface area contributed by atoms with Crippen LogP contribution in [-0.2, 0) is 0 Å². The van der Waals surface area contributed by atoms with Crippen molar-refractivity contribution in [2.75, 3.05) is 5.73 Å². The Morgan fingerprint density at radius 1 is 1.73 bits per heavy atom. The molecule has 0 saturated heterocycles. The number of hydrogen-bond acceptors (Lipinski definition) is 3. The summed E-state index contributed by atoms with van der Waals surface area (Å²) in [6, 6.07) is -1.13. The standard InChI is InChI=1S/C7H8N2O2/c1-5-2-3-6(8)4-7(5)9(10)11/h2-4H,8H2,1H3/i2D,3D,4D. The molecule has 0 bridgehead atoms. The summed E-state index contributed by atoms with van der Waals surface area (Å²) in [5.74, 6) is 0. The second-order valence-electron chi connectivity index (χ2n) is 2.02. The number of nitro benzene ring substituents is 1. The van der Waals surface area contributed by atoms with Crippen molar-refractivity contribution in [3.63, 3.8) is 0 Å². The van der Waals surface area contributed by atoms with Gasteiger partial charge in [-0.15, -0.1) is 0 Å². The Kier molecular flexibility index (Phi) is 1.01. The van der Waals surface area contributed by atoms with Crippen LogP contribution in [0.25, 0.3) is 0 Å². The number of nitro groups is 1. The molecule has 58 valence electrons. The first-order chi connectivity index (χ1) is 6.37. The van der Waals surface area contributed by atoms with Crippen LogP contribution in [0.1, 0.15) is 9.68 Å². The van der Waals surface area contributed by atoms with E-state index in [0.717, 1.165) is 0 Å². The van der Waals surface area contributed by atoms with Gasteiger partial charge in [0, 0.05) is 17.3 Å². The predicted octanol–water partition coefficient (Wildman–Crippen LogP) is 1.49. The Labute approximate surface area is 68.0 Å². The molecule has 0 aromatic heterocycles. The lowest BCUT2D eigenvalue weighted by molar-refractivity contribution is -0.385. The number of nitrogen functional groups attached to an aromatic ring is 1. The first kappa shape index (κ1) is 4.33. The molecule has 0 spiro atoms. The van der Waals surface area contributed by atoms with Crippen molar-refractivity contribution >= 4 is 11.4 Å². The summed E-state index contributed by atoms with van der Waals surface area (Å²) >= 11 is 0. The minimum atomic E-state index is -0.758. The summed E-state index contributed by atoms with van der Waals surface area (Å²) in [5, 5.41) is 10.5. The number of anilines is 1. The zero-order valence-electron chi connectivity index (χ0n) is 8.84. The predicted molar refractivity (Wildman–Crippen MR) is 42.2 cm³/mol. The number of benzene rings is 1. The summed E-state index contributed by atoms with van der Waals surface area (Å²) < 4.78 is 22.0. The fourth-order valence-corrected chi connectivity index (χ4v) is 0.655. The van der Waals surface area contributed by atoms with Gasteiger partial charge in [-0.25, -0.2) is 0 Å². The zero-order valence-corrected chi connectivity index (χ0v) is 5.84. The van der Waals surface area contributed by atoms with E-state index in [1.165, 1.54) is 6.92 Å². The molecule has 0 saturated carbocycles. The molecule has 0 aliphatic heterocycles.